The summed E-state index contributed by atoms with van der Waals surface area (Å²) in [6.07, 6.45) is 1.12. The summed E-state index contributed by atoms with van der Waals surface area (Å²) in [5, 5.41) is 8.75. The molecule has 0 bridgehead atoms. The third-order valence-electron chi connectivity index (χ3n) is 3.21. The summed E-state index contributed by atoms with van der Waals surface area (Å²) in [5.41, 5.74) is 0. The lowest BCUT2D eigenvalue weighted by atomic mass is 10.1. The average Bonchev–Trinajstić information content (AvgIpc) is 2.99. The zero-order chi connectivity index (χ0) is 15.5. The van der Waals surface area contributed by atoms with Crippen LogP contribution in [0.3, 0.4) is 0 Å². The van der Waals surface area contributed by atoms with Crippen molar-refractivity contribution in [2.75, 3.05) is 33.4 Å². The van der Waals surface area contributed by atoms with Crippen LogP contribution in [0.25, 0.3) is 0 Å². The zero-order valence-corrected chi connectivity index (χ0v) is 14.5. The van der Waals surface area contributed by atoms with Gasteiger partial charge in [-0.05, 0) is 23.8 Å². The molecule has 0 saturated heterocycles. The summed E-state index contributed by atoms with van der Waals surface area (Å²) in [4.78, 5) is 5.63. The van der Waals surface area contributed by atoms with Crippen molar-refractivity contribution < 1.29 is 4.74 Å². The van der Waals surface area contributed by atoms with Crippen LogP contribution in [0.5, 0.6) is 0 Å². The number of hydrogen-bond acceptors (Lipinski definition) is 3. The van der Waals surface area contributed by atoms with Crippen molar-refractivity contribution in [2.45, 2.75) is 33.1 Å². The first-order chi connectivity index (χ1) is 10.1. The zero-order valence-electron chi connectivity index (χ0n) is 13.7. The molecular formula is C16H29N3OS. The minimum absolute atomic E-state index is 0.492. The number of ether oxygens (including phenoxy) is 1. The predicted octanol–water partition coefficient (Wildman–Crippen LogP) is 3.08. The Morgan fingerprint density at radius 2 is 2.10 bits per heavy atom. The molecule has 0 fully saturated rings. The highest BCUT2D eigenvalue weighted by molar-refractivity contribution is 7.10. The van der Waals surface area contributed by atoms with Gasteiger partial charge in [0.1, 0.15) is 0 Å². The molecule has 0 aliphatic carbocycles. The molecule has 1 heterocycles. The van der Waals surface area contributed by atoms with Gasteiger partial charge in [0, 0.05) is 37.5 Å². The van der Waals surface area contributed by atoms with Gasteiger partial charge in [-0.3, -0.25) is 4.99 Å². The van der Waals surface area contributed by atoms with E-state index in [0.29, 0.717) is 18.4 Å². The molecule has 0 radical (unpaired) electrons. The second kappa shape index (κ2) is 10.6. The molecule has 120 valence electrons. The van der Waals surface area contributed by atoms with E-state index in [-0.39, 0.29) is 0 Å². The molecule has 0 aliphatic heterocycles. The Balaban J connectivity index is 2.12. The minimum Gasteiger partial charge on any atom is -0.380 e. The summed E-state index contributed by atoms with van der Waals surface area (Å²) in [6, 6.07) is 4.27. The maximum atomic E-state index is 5.58. The Morgan fingerprint density at radius 3 is 2.71 bits per heavy atom. The highest BCUT2D eigenvalue weighted by Crippen LogP contribution is 2.19. The van der Waals surface area contributed by atoms with Crippen LogP contribution in [-0.2, 0) is 4.74 Å². The van der Waals surface area contributed by atoms with Gasteiger partial charge in [-0.15, -0.1) is 11.3 Å². The molecule has 1 unspecified atom stereocenters. The highest BCUT2D eigenvalue weighted by Gasteiger charge is 2.07. The van der Waals surface area contributed by atoms with E-state index >= 15 is 0 Å². The maximum Gasteiger partial charge on any atom is 0.191 e. The van der Waals surface area contributed by atoms with Crippen molar-refractivity contribution in [1.29, 1.82) is 0 Å². The molecule has 0 spiro atoms. The number of nitrogens with one attached hydrogen (secondary N) is 2. The molecule has 0 aliphatic rings. The molecule has 1 rings (SSSR count). The quantitative estimate of drug-likeness (QED) is 0.418. The molecule has 0 amide bonds. The Morgan fingerprint density at radius 1 is 1.29 bits per heavy atom. The van der Waals surface area contributed by atoms with Crippen molar-refractivity contribution in [3.05, 3.63) is 22.4 Å². The molecule has 1 aromatic rings. The normalized spacial score (nSPS) is 13.5. The summed E-state index contributed by atoms with van der Waals surface area (Å²) < 4.78 is 5.58. The lowest BCUT2D eigenvalue weighted by molar-refractivity contribution is 0.128. The van der Waals surface area contributed by atoms with E-state index in [9.17, 15) is 0 Å². The van der Waals surface area contributed by atoms with Crippen LogP contribution in [0.4, 0.5) is 0 Å². The van der Waals surface area contributed by atoms with Gasteiger partial charge in [-0.2, -0.15) is 0 Å². The Labute approximate surface area is 133 Å². The van der Waals surface area contributed by atoms with Gasteiger partial charge in [0.2, 0.25) is 0 Å². The van der Waals surface area contributed by atoms with Gasteiger partial charge < -0.3 is 15.4 Å². The smallest absolute Gasteiger partial charge is 0.191 e. The first-order valence-electron chi connectivity index (χ1n) is 7.69. The Kier molecular flexibility index (Phi) is 9.10. The number of thiophene rings is 1. The summed E-state index contributed by atoms with van der Waals surface area (Å²) in [6.45, 7) is 9.86. The molecule has 21 heavy (non-hydrogen) atoms. The van der Waals surface area contributed by atoms with Crippen LogP contribution < -0.4 is 10.6 Å². The average molecular weight is 311 g/mol. The van der Waals surface area contributed by atoms with Gasteiger partial charge in [0.15, 0.2) is 5.96 Å². The molecule has 2 N–H and O–H groups in total. The fourth-order valence-electron chi connectivity index (χ4n) is 1.81. The van der Waals surface area contributed by atoms with Gasteiger partial charge in [-0.25, -0.2) is 0 Å². The maximum absolute atomic E-state index is 5.58. The fraction of sp³-hybridized carbons (Fsp3) is 0.688. The number of guanidine groups is 1. The topological polar surface area (TPSA) is 45.7 Å². The number of rotatable bonds is 9. The lowest BCUT2D eigenvalue weighted by Gasteiger charge is -2.15. The number of aliphatic imine (C=N–C) groups is 1. The standard InChI is InChI=1S/C16H29N3OS/c1-13(2)7-9-20-10-8-18-16(17-4)19-12-14(3)15-6-5-11-21-15/h5-6,11,13-14H,7-10,12H2,1-4H3,(H2,17,18,19). The van der Waals surface area contributed by atoms with Crippen molar-refractivity contribution in [1.82, 2.24) is 10.6 Å². The molecule has 1 atom stereocenters. The largest absolute Gasteiger partial charge is 0.380 e. The van der Waals surface area contributed by atoms with Crippen LogP contribution in [0.15, 0.2) is 22.5 Å². The molecule has 1 aromatic heterocycles. The predicted molar refractivity (Wildman–Crippen MR) is 92.4 cm³/mol. The Bertz CT molecular complexity index is 390. The van der Waals surface area contributed by atoms with E-state index in [2.05, 4.69) is 53.9 Å². The SMILES string of the molecule is CN=C(NCCOCCC(C)C)NCC(C)c1cccs1. The van der Waals surface area contributed by atoms with Crippen molar-refractivity contribution in [2.24, 2.45) is 10.9 Å². The van der Waals surface area contributed by atoms with Crippen LogP contribution >= 0.6 is 11.3 Å². The van der Waals surface area contributed by atoms with Gasteiger partial charge >= 0.3 is 0 Å². The highest BCUT2D eigenvalue weighted by atomic mass is 32.1. The first-order valence-corrected chi connectivity index (χ1v) is 8.57. The van der Waals surface area contributed by atoms with E-state index < -0.39 is 0 Å². The number of nitrogens with zero attached hydrogens (tertiary/aromatic N) is 1. The van der Waals surface area contributed by atoms with Crippen molar-refractivity contribution in [3.8, 4) is 0 Å². The van der Waals surface area contributed by atoms with Gasteiger partial charge in [0.25, 0.3) is 0 Å². The van der Waals surface area contributed by atoms with Crippen LogP contribution in [0.1, 0.15) is 38.0 Å². The second-order valence-corrected chi connectivity index (χ2v) is 6.57. The molecule has 4 nitrogen and oxygen atoms in total. The molecule has 0 aromatic carbocycles. The van der Waals surface area contributed by atoms with Crippen LogP contribution in [0.2, 0.25) is 0 Å². The molecule has 5 heteroatoms. The summed E-state index contributed by atoms with van der Waals surface area (Å²) in [5.74, 6) is 2.03. The minimum atomic E-state index is 0.492. The Hall–Kier alpha value is -1.07. The molecule has 0 saturated carbocycles. The number of hydrogen-bond donors (Lipinski definition) is 2. The second-order valence-electron chi connectivity index (χ2n) is 5.59. The monoisotopic (exact) mass is 311 g/mol. The van der Waals surface area contributed by atoms with E-state index in [4.69, 9.17) is 4.74 Å². The third-order valence-corrected chi connectivity index (χ3v) is 4.31. The van der Waals surface area contributed by atoms with Gasteiger partial charge in [-0.1, -0.05) is 26.8 Å². The third kappa shape index (κ3) is 8.07. The summed E-state index contributed by atoms with van der Waals surface area (Å²) in [7, 11) is 1.80. The van der Waals surface area contributed by atoms with Crippen LogP contribution in [0, 0.1) is 5.92 Å². The van der Waals surface area contributed by atoms with E-state index in [1.54, 1.807) is 18.4 Å². The van der Waals surface area contributed by atoms with E-state index in [1.165, 1.54) is 4.88 Å². The summed E-state index contributed by atoms with van der Waals surface area (Å²) >= 11 is 1.80. The first kappa shape index (κ1) is 18.0. The van der Waals surface area contributed by atoms with Crippen molar-refractivity contribution >= 4 is 17.3 Å². The van der Waals surface area contributed by atoms with E-state index in [0.717, 1.165) is 32.1 Å². The molecular weight excluding hydrogens is 282 g/mol. The van der Waals surface area contributed by atoms with Crippen molar-refractivity contribution in [3.63, 3.8) is 0 Å². The lowest BCUT2D eigenvalue weighted by Crippen LogP contribution is -2.40. The fourth-order valence-corrected chi connectivity index (χ4v) is 2.59. The van der Waals surface area contributed by atoms with Gasteiger partial charge in [0.05, 0.1) is 6.61 Å². The van der Waals surface area contributed by atoms with E-state index in [1.807, 2.05) is 0 Å². The van der Waals surface area contributed by atoms with Crippen LogP contribution in [-0.4, -0.2) is 39.3 Å².